The van der Waals surface area contributed by atoms with Gasteiger partial charge in [-0.25, -0.2) is 0 Å². The molecular weight excluding hydrogens is 180 g/mol. The van der Waals surface area contributed by atoms with E-state index in [1.54, 1.807) is 0 Å². The minimum Gasteiger partial charge on any atom is -0.436 e. The van der Waals surface area contributed by atoms with Crippen LogP contribution in [-0.2, 0) is 14.3 Å². The van der Waals surface area contributed by atoms with Crippen LogP contribution < -0.4 is 0 Å². The molecule has 0 aromatic heterocycles. The van der Waals surface area contributed by atoms with Crippen LogP contribution in [0.2, 0.25) is 0 Å². The van der Waals surface area contributed by atoms with Crippen molar-refractivity contribution in [3.63, 3.8) is 0 Å². The van der Waals surface area contributed by atoms with E-state index in [2.05, 4.69) is 6.92 Å². The van der Waals surface area contributed by atoms with Crippen LogP contribution in [0.4, 0.5) is 0 Å². The standard InChI is InChI=1S/C11H22O3/c1-5-7-8-13-10(6-2)14-11(12)9(3)4/h9-10H,5-8H2,1-4H3. The molecule has 1 unspecified atom stereocenters. The van der Waals surface area contributed by atoms with Crippen molar-refractivity contribution in [2.45, 2.75) is 53.2 Å². The zero-order valence-corrected chi connectivity index (χ0v) is 9.71. The first kappa shape index (κ1) is 13.4. The minimum atomic E-state index is -0.364. The summed E-state index contributed by atoms with van der Waals surface area (Å²) in [5, 5.41) is 0. The Balaban J connectivity index is 3.73. The number of hydrogen-bond donors (Lipinski definition) is 0. The molecule has 0 aromatic rings. The summed E-state index contributed by atoms with van der Waals surface area (Å²) in [4.78, 5) is 11.2. The van der Waals surface area contributed by atoms with Crippen LogP contribution in [0.1, 0.15) is 47.0 Å². The number of ether oxygens (including phenoxy) is 2. The first-order chi connectivity index (χ1) is 6.61. The van der Waals surface area contributed by atoms with Gasteiger partial charge in [-0.1, -0.05) is 34.1 Å². The Kier molecular flexibility index (Phi) is 7.48. The highest BCUT2D eigenvalue weighted by molar-refractivity contribution is 5.71. The molecule has 14 heavy (non-hydrogen) atoms. The van der Waals surface area contributed by atoms with Crippen molar-refractivity contribution in [3.05, 3.63) is 0 Å². The van der Waals surface area contributed by atoms with Crippen molar-refractivity contribution >= 4 is 5.97 Å². The van der Waals surface area contributed by atoms with Gasteiger partial charge in [-0.15, -0.1) is 0 Å². The second-order valence-corrected chi connectivity index (χ2v) is 3.65. The fourth-order valence-electron chi connectivity index (χ4n) is 0.860. The molecule has 0 aromatic carbocycles. The molecule has 0 fully saturated rings. The topological polar surface area (TPSA) is 35.5 Å². The quantitative estimate of drug-likeness (QED) is 0.362. The van der Waals surface area contributed by atoms with E-state index in [1.165, 1.54) is 0 Å². The molecule has 0 amide bonds. The zero-order valence-electron chi connectivity index (χ0n) is 9.71. The average Bonchev–Trinajstić information content (AvgIpc) is 2.16. The molecule has 0 spiro atoms. The minimum absolute atomic E-state index is 0.0844. The second kappa shape index (κ2) is 7.80. The first-order valence-corrected chi connectivity index (χ1v) is 5.43. The highest BCUT2D eigenvalue weighted by Crippen LogP contribution is 2.06. The van der Waals surface area contributed by atoms with Gasteiger partial charge in [0.15, 0.2) is 0 Å². The van der Waals surface area contributed by atoms with Crippen LogP contribution in [0.25, 0.3) is 0 Å². The van der Waals surface area contributed by atoms with Gasteiger partial charge in [-0.05, 0) is 6.42 Å². The van der Waals surface area contributed by atoms with Gasteiger partial charge in [0.2, 0.25) is 6.29 Å². The number of carbonyl (C=O) groups is 1. The predicted molar refractivity (Wildman–Crippen MR) is 55.9 cm³/mol. The SMILES string of the molecule is CCCCOC(CC)OC(=O)C(C)C. The van der Waals surface area contributed by atoms with E-state index < -0.39 is 0 Å². The van der Waals surface area contributed by atoms with E-state index in [9.17, 15) is 4.79 Å². The van der Waals surface area contributed by atoms with Crippen LogP contribution in [-0.4, -0.2) is 18.9 Å². The third-order valence-electron chi connectivity index (χ3n) is 1.85. The molecule has 0 radical (unpaired) electrons. The van der Waals surface area contributed by atoms with Gasteiger partial charge < -0.3 is 9.47 Å². The van der Waals surface area contributed by atoms with Gasteiger partial charge in [-0.2, -0.15) is 0 Å². The Hall–Kier alpha value is -0.570. The Bertz CT molecular complexity index is 155. The molecule has 0 rings (SSSR count). The molecule has 3 nitrogen and oxygen atoms in total. The largest absolute Gasteiger partial charge is 0.436 e. The third-order valence-corrected chi connectivity index (χ3v) is 1.85. The Morgan fingerprint density at radius 3 is 2.36 bits per heavy atom. The molecule has 0 aliphatic heterocycles. The molecular formula is C11H22O3. The summed E-state index contributed by atoms with van der Waals surface area (Å²) in [7, 11) is 0. The summed E-state index contributed by atoms with van der Waals surface area (Å²) >= 11 is 0. The van der Waals surface area contributed by atoms with Gasteiger partial charge in [0.05, 0.1) is 12.5 Å². The van der Waals surface area contributed by atoms with E-state index in [1.807, 2.05) is 20.8 Å². The lowest BCUT2D eigenvalue weighted by molar-refractivity contribution is -0.183. The van der Waals surface area contributed by atoms with E-state index in [0.29, 0.717) is 13.0 Å². The van der Waals surface area contributed by atoms with Gasteiger partial charge in [0.1, 0.15) is 0 Å². The smallest absolute Gasteiger partial charge is 0.310 e. The molecule has 0 aliphatic carbocycles. The molecule has 1 atom stereocenters. The number of esters is 1. The first-order valence-electron chi connectivity index (χ1n) is 5.43. The summed E-state index contributed by atoms with van der Waals surface area (Å²) in [5.74, 6) is -0.271. The van der Waals surface area contributed by atoms with E-state index in [0.717, 1.165) is 12.8 Å². The highest BCUT2D eigenvalue weighted by atomic mass is 16.7. The van der Waals surface area contributed by atoms with Crippen LogP contribution in [0.5, 0.6) is 0 Å². The summed E-state index contributed by atoms with van der Waals surface area (Å²) in [5.41, 5.74) is 0. The van der Waals surface area contributed by atoms with Gasteiger partial charge in [0.25, 0.3) is 0 Å². The van der Waals surface area contributed by atoms with Gasteiger partial charge in [0, 0.05) is 6.42 Å². The summed E-state index contributed by atoms with van der Waals surface area (Å²) in [6, 6.07) is 0. The molecule has 0 heterocycles. The van der Waals surface area contributed by atoms with Crippen LogP contribution >= 0.6 is 0 Å². The lowest BCUT2D eigenvalue weighted by Gasteiger charge is -2.17. The average molecular weight is 202 g/mol. The van der Waals surface area contributed by atoms with Crippen molar-refractivity contribution in [1.29, 1.82) is 0 Å². The van der Waals surface area contributed by atoms with Crippen molar-refractivity contribution in [2.75, 3.05) is 6.61 Å². The van der Waals surface area contributed by atoms with Gasteiger partial charge in [-0.3, -0.25) is 4.79 Å². The molecule has 0 aliphatic rings. The second-order valence-electron chi connectivity index (χ2n) is 3.65. The van der Waals surface area contributed by atoms with E-state index >= 15 is 0 Å². The Morgan fingerprint density at radius 1 is 1.29 bits per heavy atom. The third kappa shape index (κ3) is 5.97. The predicted octanol–water partition coefficient (Wildman–Crippen LogP) is 2.74. The Morgan fingerprint density at radius 2 is 1.93 bits per heavy atom. The van der Waals surface area contributed by atoms with Crippen LogP contribution in [0, 0.1) is 5.92 Å². The highest BCUT2D eigenvalue weighted by Gasteiger charge is 2.15. The Labute approximate surface area is 86.8 Å². The fourth-order valence-corrected chi connectivity index (χ4v) is 0.860. The number of hydrogen-bond acceptors (Lipinski definition) is 3. The summed E-state index contributed by atoms with van der Waals surface area (Å²) < 4.78 is 10.6. The monoisotopic (exact) mass is 202 g/mol. The maximum Gasteiger partial charge on any atom is 0.310 e. The van der Waals surface area contributed by atoms with E-state index in [4.69, 9.17) is 9.47 Å². The van der Waals surface area contributed by atoms with Crippen molar-refractivity contribution in [1.82, 2.24) is 0 Å². The maximum atomic E-state index is 11.2. The van der Waals surface area contributed by atoms with Crippen molar-refractivity contribution < 1.29 is 14.3 Å². The number of rotatable bonds is 7. The molecule has 0 saturated heterocycles. The normalized spacial score (nSPS) is 12.9. The molecule has 0 N–H and O–H groups in total. The molecule has 0 saturated carbocycles. The summed E-state index contributed by atoms with van der Waals surface area (Å²) in [6.07, 6.45) is 2.45. The van der Waals surface area contributed by atoms with Crippen molar-refractivity contribution in [2.24, 2.45) is 5.92 Å². The number of unbranched alkanes of at least 4 members (excludes halogenated alkanes) is 1. The number of carbonyl (C=O) groups excluding carboxylic acids is 1. The molecule has 84 valence electrons. The van der Waals surface area contributed by atoms with Crippen LogP contribution in [0.3, 0.4) is 0 Å². The fraction of sp³-hybridized carbons (Fsp3) is 0.909. The molecule has 0 bridgehead atoms. The lowest BCUT2D eigenvalue weighted by Crippen LogP contribution is -2.24. The van der Waals surface area contributed by atoms with Gasteiger partial charge >= 0.3 is 5.97 Å². The van der Waals surface area contributed by atoms with Crippen molar-refractivity contribution in [3.8, 4) is 0 Å². The maximum absolute atomic E-state index is 11.2. The van der Waals surface area contributed by atoms with E-state index in [-0.39, 0.29) is 18.2 Å². The lowest BCUT2D eigenvalue weighted by atomic mass is 10.2. The zero-order chi connectivity index (χ0) is 11.0. The van der Waals surface area contributed by atoms with Crippen LogP contribution in [0.15, 0.2) is 0 Å². The summed E-state index contributed by atoms with van der Waals surface area (Å²) in [6.45, 7) is 8.36. The molecule has 3 heteroatoms.